The van der Waals surface area contributed by atoms with Gasteiger partial charge in [-0.05, 0) is 50.5 Å². The SMILES string of the molecule is Cc1ccc2c(C(=O)NC3CC4CCC(C4)C3)c(C)n(CCS(C)(=O)=O)c2c1F. The second kappa shape index (κ2) is 7.42. The maximum Gasteiger partial charge on any atom is 0.253 e. The maximum absolute atomic E-state index is 15.0. The number of hydrogen-bond acceptors (Lipinski definition) is 3. The fourth-order valence-electron chi connectivity index (χ4n) is 5.33. The van der Waals surface area contributed by atoms with Gasteiger partial charge in [0.1, 0.15) is 15.7 Å². The van der Waals surface area contributed by atoms with Gasteiger partial charge in [0, 0.05) is 29.9 Å². The number of fused-ring (bicyclic) bond motifs is 3. The van der Waals surface area contributed by atoms with E-state index in [1.807, 2.05) is 0 Å². The van der Waals surface area contributed by atoms with Crippen LogP contribution in [0.25, 0.3) is 10.9 Å². The summed E-state index contributed by atoms with van der Waals surface area (Å²) in [6.45, 7) is 3.58. The Morgan fingerprint density at radius 3 is 2.45 bits per heavy atom. The highest BCUT2D eigenvalue weighted by atomic mass is 32.2. The first-order valence-corrected chi connectivity index (χ1v) is 12.5. The third-order valence-corrected chi connectivity index (χ3v) is 7.67. The van der Waals surface area contributed by atoms with Crippen LogP contribution in [0.3, 0.4) is 0 Å². The largest absolute Gasteiger partial charge is 0.349 e. The minimum absolute atomic E-state index is 0.0992. The molecule has 1 N–H and O–H groups in total. The van der Waals surface area contributed by atoms with E-state index in [2.05, 4.69) is 5.32 Å². The number of sulfone groups is 1. The summed E-state index contributed by atoms with van der Waals surface area (Å²) in [5.41, 5.74) is 1.88. The number of rotatable bonds is 5. The second-order valence-electron chi connectivity index (χ2n) is 9.02. The summed E-state index contributed by atoms with van der Waals surface area (Å²) in [7, 11) is -3.21. The number of amides is 1. The van der Waals surface area contributed by atoms with Gasteiger partial charge in [0.2, 0.25) is 0 Å². The van der Waals surface area contributed by atoms with Crippen molar-refractivity contribution in [1.29, 1.82) is 0 Å². The Bertz CT molecular complexity index is 1060. The molecule has 2 fully saturated rings. The van der Waals surface area contributed by atoms with Crippen molar-refractivity contribution in [1.82, 2.24) is 9.88 Å². The van der Waals surface area contributed by atoms with E-state index in [-0.39, 0.29) is 24.2 Å². The highest BCUT2D eigenvalue weighted by Crippen LogP contribution is 2.42. The smallest absolute Gasteiger partial charge is 0.253 e. The second-order valence-corrected chi connectivity index (χ2v) is 11.3. The zero-order valence-corrected chi connectivity index (χ0v) is 18.1. The van der Waals surface area contributed by atoms with Crippen LogP contribution >= 0.6 is 0 Å². The summed E-state index contributed by atoms with van der Waals surface area (Å²) in [4.78, 5) is 13.2. The fraction of sp³-hybridized carbons (Fsp3) is 0.591. The Morgan fingerprint density at radius 2 is 1.83 bits per heavy atom. The molecule has 2 saturated carbocycles. The lowest BCUT2D eigenvalue weighted by Crippen LogP contribution is -2.39. The minimum atomic E-state index is -3.21. The Morgan fingerprint density at radius 1 is 1.17 bits per heavy atom. The molecule has 1 aromatic carbocycles. The van der Waals surface area contributed by atoms with Crippen LogP contribution in [0.4, 0.5) is 4.39 Å². The van der Waals surface area contributed by atoms with E-state index < -0.39 is 15.7 Å². The zero-order chi connectivity index (χ0) is 20.9. The van der Waals surface area contributed by atoms with E-state index in [0.717, 1.165) is 12.8 Å². The fourth-order valence-corrected chi connectivity index (χ4v) is 5.85. The van der Waals surface area contributed by atoms with Crippen LogP contribution in [0.1, 0.15) is 53.7 Å². The Hall–Kier alpha value is -1.89. The molecule has 158 valence electrons. The molecule has 0 saturated heterocycles. The highest BCUT2D eigenvalue weighted by molar-refractivity contribution is 7.90. The molecule has 0 radical (unpaired) electrons. The summed E-state index contributed by atoms with van der Waals surface area (Å²) >= 11 is 0. The summed E-state index contributed by atoms with van der Waals surface area (Å²) in [6.07, 6.45) is 6.99. The number of nitrogens with zero attached hydrogens (tertiary/aromatic N) is 1. The standard InChI is InChI=1S/C22H29FN2O3S/c1-13-4-7-18-19(22(26)24-17-11-15-5-6-16(10-15)12-17)14(2)25(21(18)20(13)23)8-9-29(3,27)28/h4,7,15-17H,5-6,8-12H2,1-3H3,(H,24,26). The molecular weight excluding hydrogens is 391 g/mol. The van der Waals surface area contributed by atoms with Gasteiger partial charge in [-0.1, -0.05) is 25.0 Å². The third-order valence-electron chi connectivity index (χ3n) is 6.75. The molecule has 2 unspecified atom stereocenters. The van der Waals surface area contributed by atoms with Crippen molar-refractivity contribution in [3.63, 3.8) is 0 Å². The van der Waals surface area contributed by atoms with Gasteiger partial charge < -0.3 is 9.88 Å². The van der Waals surface area contributed by atoms with E-state index >= 15 is 4.39 Å². The normalized spacial score (nSPS) is 24.2. The van der Waals surface area contributed by atoms with E-state index in [1.54, 1.807) is 30.5 Å². The van der Waals surface area contributed by atoms with Crippen LogP contribution in [0.15, 0.2) is 12.1 Å². The molecule has 4 rings (SSSR count). The molecule has 2 aliphatic rings. The van der Waals surface area contributed by atoms with E-state index in [9.17, 15) is 13.2 Å². The third kappa shape index (κ3) is 3.93. The van der Waals surface area contributed by atoms with Crippen molar-refractivity contribution in [2.24, 2.45) is 11.8 Å². The predicted octanol–water partition coefficient (Wildman–Crippen LogP) is 3.75. The number of aromatic nitrogens is 1. The quantitative estimate of drug-likeness (QED) is 0.801. The molecule has 2 atom stereocenters. The van der Waals surface area contributed by atoms with Crippen molar-refractivity contribution in [2.45, 2.75) is 58.5 Å². The molecule has 0 spiro atoms. The molecular formula is C22H29FN2O3S. The first-order valence-electron chi connectivity index (χ1n) is 10.4. The molecule has 1 amide bonds. The summed E-state index contributed by atoms with van der Waals surface area (Å²) in [5.74, 6) is 0.736. The van der Waals surface area contributed by atoms with Crippen LogP contribution in [-0.2, 0) is 16.4 Å². The first kappa shape index (κ1) is 20.4. The number of benzene rings is 1. The summed E-state index contributed by atoms with van der Waals surface area (Å²) in [6, 6.07) is 3.62. The molecule has 5 nitrogen and oxygen atoms in total. The number of carbonyl (C=O) groups excluding carboxylic acids is 1. The number of carbonyl (C=O) groups is 1. The van der Waals surface area contributed by atoms with E-state index in [0.29, 0.717) is 39.6 Å². The molecule has 1 heterocycles. The lowest BCUT2D eigenvalue weighted by molar-refractivity contribution is 0.0919. The molecule has 2 aliphatic carbocycles. The van der Waals surface area contributed by atoms with Crippen LogP contribution in [0.2, 0.25) is 0 Å². The number of nitrogens with one attached hydrogen (secondary N) is 1. The van der Waals surface area contributed by atoms with Crippen molar-refractivity contribution in [2.75, 3.05) is 12.0 Å². The number of halogens is 1. The first-order chi connectivity index (χ1) is 13.6. The average Bonchev–Trinajstić information content (AvgIpc) is 3.12. The lowest BCUT2D eigenvalue weighted by atomic mass is 9.85. The molecule has 7 heteroatoms. The van der Waals surface area contributed by atoms with Crippen LogP contribution in [0, 0.1) is 31.5 Å². The number of hydrogen-bond donors (Lipinski definition) is 1. The molecule has 1 aromatic heterocycles. The summed E-state index contributed by atoms with van der Waals surface area (Å²) in [5, 5.41) is 3.75. The van der Waals surface area contributed by atoms with Crippen molar-refractivity contribution in [3.05, 3.63) is 34.8 Å². The van der Waals surface area contributed by atoms with Gasteiger partial charge in [-0.3, -0.25) is 4.79 Å². The Kier molecular flexibility index (Phi) is 5.21. The zero-order valence-electron chi connectivity index (χ0n) is 17.3. The van der Waals surface area contributed by atoms with Gasteiger partial charge in [-0.2, -0.15) is 0 Å². The summed E-state index contributed by atoms with van der Waals surface area (Å²) < 4.78 is 40.0. The van der Waals surface area contributed by atoms with Crippen molar-refractivity contribution >= 4 is 26.6 Å². The van der Waals surface area contributed by atoms with Crippen LogP contribution in [0.5, 0.6) is 0 Å². The van der Waals surface area contributed by atoms with Crippen molar-refractivity contribution < 1.29 is 17.6 Å². The molecule has 2 bridgehead atoms. The highest BCUT2D eigenvalue weighted by Gasteiger charge is 2.35. The Balaban J connectivity index is 1.70. The van der Waals surface area contributed by atoms with Gasteiger partial charge in [0.15, 0.2) is 0 Å². The van der Waals surface area contributed by atoms with Gasteiger partial charge in [-0.25, -0.2) is 12.8 Å². The monoisotopic (exact) mass is 420 g/mol. The lowest BCUT2D eigenvalue weighted by Gasteiger charge is -2.28. The van der Waals surface area contributed by atoms with Crippen LogP contribution < -0.4 is 5.32 Å². The van der Waals surface area contributed by atoms with E-state index in [4.69, 9.17) is 0 Å². The molecule has 0 aliphatic heterocycles. The van der Waals surface area contributed by atoms with Gasteiger partial charge in [0.05, 0.1) is 16.8 Å². The maximum atomic E-state index is 15.0. The van der Waals surface area contributed by atoms with Crippen molar-refractivity contribution in [3.8, 4) is 0 Å². The molecule has 29 heavy (non-hydrogen) atoms. The minimum Gasteiger partial charge on any atom is -0.349 e. The van der Waals surface area contributed by atoms with E-state index in [1.165, 1.54) is 25.5 Å². The average molecular weight is 421 g/mol. The van der Waals surface area contributed by atoms with Crippen LogP contribution in [-0.4, -0.2) is 36.9 Å². The van der Waals surface area contributed by atoms with Gasteiger partial charge in [-0.15, -0.1) is 0 Å². The van der Waals surface area contributed by atoms with Gasteiger partial charge >= 0.3 is 0 Å². The van der Waals surface area contributed by atoms with Gasteiger partial charge in [0.25, 0.3) is 5.91 Å². The number of aryl methyl sites for hydroxylation is 2. The topological polar surface area (TPSA) is 68.2 Å². The molecule has 2 aromatic rings. The predicted molar refractivity (Wildman–Crippen MR) is 112 cm³/mol. The Labute approximate surface area is 171 Å².